The first kappa shape index (κ1) is 13.4. The van der Waals surface area contributed by atoms with Crippen LogP contribution in [0.25, 0.3) is 0 Å². The number of nitro groups is 1. The lowest BCUT2D eigenvalue weighted by molar-refractivity contribution is -0.385. The SMILES string of the molecule is Cc1cccnc1CNc1ccc([N+](=O)[O-])c(C#N)n1. The Bertz CT molecular complexity index is 693. The van der Waals surface area contributed by atoms with Crippen molar-refractivity contribution in [3.8, 4) is 6.07 Å². The minimum absolute atomic E-state index is 0.210. The predicted octanol–water partition coefficient (Wildman–Crippen LogP) is 2.18. The number of aromatic nitrogens is 2. The number of rotatable bonds is 4. The van der Waals surface area contributed by atoms with E-state index in [4.69, 9.17) is 5.26 Å². The molecule has 0 aliphatic rings. The number of hydrogen-bond donors (Lipinski definition) is 1. The molecule has 0 saturated carbocycles. The number of nitrogens with zero attached hydrogens (tertiary/aromatic N) is 4. The van der Waals surface area contributed by atoms with Crippen molar-refractivity contribution in [3.63, 3.8) is 0 Å². The van der Waals surface area contributed by atoms with Crippen LogP contribution in [0.3, 0.4) is 0 Å². The van der Waals surface area contributed by atoms with E-state index in [0.29, 0.717) is 12.4 Å². The van der Waals surface area contributed by atoms with Crippen molar-refractivity contribution in [2.45, 2.75) is 13.5 Å². The van der Waals surface area contributed by atoms with Gasteiger partial charge in [-0.3, -0.25) is 15.1 Å². The fourth-order valence-electron chi connectivity index (χ4n) is 1.66. The highest BCUT2D eigenvalue weighted by molar-refractivity contribution is 5.50. The van der Waals surface area contributed by atoms with Crippen LogP contribution >= 0.6 is 0 Å². The van der Waals surface area contributed by atoms with Gasteiger partial charge in [0.15, 0.2) is 0 Å². The number of aryl methyl sites for hydroxylation is 1. The molecule has 0 fully saturated rings. The third-order valence-electron chi connectivity index (χ3n) is 2.73. The average Bonchev–Trinajstić information content (AvgIpc) is 2.46. The van der Waals surface area contributed by atoms with E-state index in [9.17, 15) is 10.1 Å². The summed E-state index contributed by atoms with van der Waals surface area (Å²) >= 11 is 0. The molecule has 2 rings (SSSR count). The van der Waals surface area contributed by atoms with Gasteiger partial charge < -0.3 is 5.32 Å². The Morgan fingerprint density at radius 1 is 1.45 bits per heavy atom. The molecule has 7 nitrogen and oxygen atoms in total. The predicted molar refractivity (Wildman–Crippen MR) is 71.9 cm³/mol. The van der Waals surface area contributed by atoms with Crippen molar-refractivity contribution in [2.75, 3.05) is 5.32 Å². The number of pyridine rings is 2. The molecule has 0 bridgehead atoms. The second-order valence-electron chi connectivity index (χ2n) is 4.05. The molecule has 20 heavy (non-hydrogen) atoms. The van der Waals surface area contributed by atoms with Crippen molar-refractivity contribution < 1.29 is 4.92 Å². The van der Waals surface area contributed by atoms with Crippen LogP contribution in [-0.4, -0.2) is 14.9 Å². The Morgan fingerprint density at radius 3 is 2.90 bits per heavy atom. The van der Waals surface area contributed by atoms with E-state index in [1.54, 1.807) is 12.3 Å². The summed E-state index contributed by atoms with van der Waals surface area (Å²) in [5.41, 5.74) is 1.37. The summed E-state index contributed by atoms with van der Waals surface area (Å²) in [6.07, 6.45) is 1.69. The standard InChI is InChI=1S/C13H11N5O2/c1-9-3-2-6-15-11(9)8-16-13-5-4-12(18(19)20)10(7-14)17-13/h2-6H,8H2,1H3,(H,16,17). The lowest BCUT2D eigenvalue weighted by Gasteiger charge is -2.07. The van der Waals surface area contributed by atoms with E-state index in [0.717, 1.165) is 11.3 Å². The largest absolute Gasteiger partial charge is 0.364 e. The quantitative estimate of drug-likeness (QED) is 0.673. The Hall–Kier alpha value is -3.01. The minimum atomic E-state index is -0.627. The first-order valence-electron chi connectivity index (χ1n) is 5.81. The van der Waals surface area contributed by atoms with Crippen LogP contribution in [0.4, 0.5) is 11.5 Å². The van der Waals surface area contributed by atoms with Crippen molar-refractivity contribution in [3.05, 3.63) is 57.5 Å². The molecule has 0 aliphatic carbocycles. The third kappa shape index (κ3) is 2.87. The van der Waals surface area contributed by atoms with E-state index in [2.05, 4.69) is 15.3 Å². The highest BCUT2D eigenvalue weighted by atomic mass is 16.6. The first-order chi connectivity index (χ1) is 9.61. The van der Waals surface area contributed by atoms with Crippen LogP contribution < -0.4 is 5.32 Å². The first-order valence-corrected chi connectivity index (χ1v) is 5.81. The van der Waals surface area contributed by atoms with Crippen molar-refractivity contribution >= 4 is 11.5 Å². The average molecular weight is 269 g/mol. The highest BCUT2D eigenvalue weighted by Gasteiger charge is 2.15. The molecule has 0 unspecified atom stereocenters. The maximum Gasteiger partial charge on any atom is 0.305 e. The Kier molecular flexibility index (Phi) is 3.86. The molecule has 0 aliphatic heterocycles. The van der Waals surface area contributed by atoms with Crippen LogP contribution in [0.1, 0.15) is 17.0 Å². The molecule has 0 aromatic carbocycles. The highest BCUT2D eigenvalue weighted by Crippen LogP contribution is 2.18. The smallest absolute Gasteiger partial charge is 0.305 e. The summed E-state index contributed by atoms with van der Waals surface area (Å²) in [5, 5.41) is 22.6. The van der Waals surface area contributed by atoms with Gasteiger partial charge in [-0.15, -0.1) is 0 Å². The van der Waals surface area contributed by atoms with Crippen LogP contribution in [-0.2, 0) is 6.54 Å². The van der Waals surface area contributed by atoms with Gasteiger partial charge in [0.05, 0.1) is 17.2 Å². The second-order valence-corrected chi connectivity index (χ2v) is 4.05. The summed E-state index contributed by atoms with van der Waals surface area (Å²) in [6, 6.07) is 8.23. The van der Waals surface area contributed by atoms with Gasteiger partial charge in [0, 0.05) is 12.3 Å². The van der Waals surface area contributed by atoms with Gasteiger partial charge in [0.2, 0.25) is 5.69 Å². The lowest BCUT2D eigenvalue weighted by atomic mass is 10.2. The molecule has 7 heteroatoms. The number of anilines is 1. The molecular weight excluding hydrogens is 258 g/mol. The molecule has 0 saturated heterocycles. The van der Waals surface area contributed by atoms with Gasteiger partial charge in [-0.1, -0.05) is 6.07 Å². The molecule has 1 N–H and O–H groups in total. The molecule has 0 radical (unpaired) electrons. The molecule has 100 valence electrons. The normalized spacial score (nSPS) is 9.80. The number of nitriles is 1. The summed E-state index contributed by atoms with van der Waals surface area (Å²) in [6.45, 7) is 2.37. The van der Waals surface area contributed by atoms with Gasteiger partial charge in [0.1, 0.15) is 11.9 Å². The molecule has 0 amide bonds. The molecule has 0 spiro atoms. The Labute approximate surface area is 115 Å². The van der Waals surface area contributed by atoms with Crippen LogP contribution in [0.15, 0.2) is 30.5 Å². The fourth-order valence-corrected chi connectivity index (χ4v) is 1.66. The number of nitrogens with one attached hydrogen (secondary N) is 1. The minimum Gasteiger partial charge on any atom is -0.364 e. The zero-order valence-corrected chi connectivity index (χ0v) is 10.7. The molecule has 2 aromatic heterocycles. The van der Waals surface area contributed by atoms with Gasteiger partial charge in [-0.2, -0.15) is 5.26 Å². The molecule has 2 aromatic rings. The maximum absolute atomic E-state index is 10.7. The monoisotopic (exact) mass is 269 g/mol. The van der Waals surface area contributed by atoms with Gasteiger partial charge >= 0.3 is 5.69 Å². The van der Waals surface area contributed by atoms with E-state index in [-0.39, 0.29) is 11.4 Å². The van der Waals surface area contributed by atoms with E-state index in [1.165, 1.54) is 12.1 Å². The third-order valence-corrected chi connectivity index (χ3v) is 2.73. The van der Waals surface area contributed by atoms with Gasteiger partial charge in [-0.05, 0) is 24.6 Å². The zero-order chi connectivity index (χ0) is 14.5. The van der Waals surface area contributed by atoms with Crippen molar-refractivity contribution in [2.24, 2.45) is 0 Å². The van der Waals surface area contributed by atoms with Crippen LogP contribution in [0.2, 0.25) is 0 Å². The lowest BCUT2D eigenvalue weighted by Crippen LogP contribution is -2.06. The Balaban J connectivity index is 2.17. The molecule has 2 heterocycles. The van der Waals surface area contributed by atoms with Gasteiger partial charge in [0.25, 0.3) is 0 Å². The number of hydrogen-bond acceptors (Lipinski definition) is 6. The Morgan fingerprint density at radius 2 is 2.25 bits per heavy atom. The van der Waals surface area contributed by atoms with E-state index >= 15 is 0 Å². The molecule has 0 atom stereocenters. The summed E-state index contributed by atoms with van der Waals surface area (Å²) in [5.74, 6) is 0.400. The van der Waals surface area contributed by atoms with Crippen LogP contribution in [0.5, 0.6) is 0 Å². The van der Waals surface area contributed by atoms with E-state index < -0.39 is 4.92 Å². The molecular formula is C13H11N5O2. The summed E-state index contributed by atoms with van der Waals surface area (Å²) in [4.78, 5) is 18.2. The summed E-state index contributed by atoms with van der Waals surface area (Å²) < 4.78 is 0. The summed E-state index contributed by atoms with van der Waals surface area (Å²) in [7, 11) is 0. The van der Waals surface area contributed by atoms with E-state index in [1.807, 2.05) is 19.1 Å². The zero-order valence-electron chi connectivity index (χ0n) is 10.7. The van der Waals surface area contributed by atoms with Gasteiger partial charge in [-0.25, -0.2) is 4.98 Å². The second kappa shape index (κ2) is 5.75. The fraction of sp³-hybridized carbons (Fsp3) is 0.154. The topological polar surface area (TPSA) is 105 Å². The maximum atomic E-state index is 10.7. The van der Waals surface area contributed by atoms with Crippen molar-refractivity contribution in [1.29, 1.82) is 5.26 Å². The van der Waals surface area contributed by atoms with Crippen LogP contribution in [0, 0.1) is 28.4 Å². The van der Waals surface area contributed by atoms with Crippen molar-refractivity contribution in [1.82, 2.24) is 9.97 Å².